The summed E-state index contributed by atoms with van der Waals surface area (Å²) in [6.07, 6.45) is 4.07. The number of ketones is 2. The summed E-state index contributed by atoms with van der Waals surface area (Å²) in [6.45, 7) is -0.366. The topological polar surface area (TPSA) is 54.4 Å². The summed E-state index contributed by atoms with van der Waals surface area (Å²) in [5.41, 5.74) is 0.160. The van der Waals surface area contributed by atoms with Gasteiger partial charge in [0.2, 0.25) is 11.6 Å². The van der Waals surface area contributed by atoms with E-state index in [4.69, 9.17) is 5.11 Å². The Bertz CT molecular complexity index is 235. The molecule has 0 heterocycles. The van der Waals surface area contributed by atoms with Gasteiger partial charge >= 0.3 is 0 Å². The van der Waals surface area contributed by atoms with E-state index in [0.29, 0.717) is 0 Å². The zero-order chi connectivity index (χ0) is 7.56. The van der Waals surface area contributed by atoms with E-state index in [9.17, 15) is 9.59 Å². The molecule has 3 heteroatoms. The van der Waals surface area contributed by atoms with Gasteiger partial charge in [-0.1, -0.05) is 12.2 Å². The molecule has 0 amide bonds. The summed E-state index contributed by atoms with van der Waals surface area (Å²) in [6, 6.07) is 0. The first-order valence-corrected chi connectivity index (χ1v) is 2.82. The fourth-order valence-electron chi connectivity index (χ4n) is 0.686. The van der Waals surface area contributed by atoms with Crippen LogP contribution in [0.2, 0.25) is 0 Å². The number of carbonyl (C=O) groups excluding carboxylic acids is 2. The normalized spacial score (nSPS) is 17.5. The molecule has 52 valence electrons. The van der Waals surface area contributed by atoms with Crippen LogP contribution in [0, 0.1) is 0 Å². The van der Waals surface area contributed by atoms with Gasteiger partial charge in [-0.15, -0.1) is 0 Å². The third kappa shape index (κ3) is 1.04. The number of rotatable bonds is 1. The van der Waals surface area contributed by atoms with E-state index in [2.05, 4.69) is 0 Å². The number of aliphatic hydroxyl groups is 1. The first kappa shape index (κ1) is 6.89. The zero-order valence-electron chi connectivity index (χ0n) is 5.20. The fourth-order valence-corrected chi connectivity index (χ4v) is 0.686. The van der Waals surface area contributed by atoms with Gasteiger partial charge < -0.3 is 5.11 Å². The van der Waals surface area contributed by atoms with Gasteiger partial charge in [0.15, 0.2) is 0 Å². The minimum atomic E-state index is -0.606. The third-order valence-corrected chi connectivity index (χ3v) is 1.23. The first-order valence-electron chi connectivity index (χ1n) is 2.82. The molecule has 0 unspecified atom stereocenters. The molecule has 0 saturated carbocycles. The van der Waals surface area contributed by atoms with Crippen LogP contribution in [0.1, 0.15) is 0 Å². The molecule has 10 heavy (non-hydrogen) atoms. The molecule has 0 aromatic carbocycles. The van der Waals surface area contributed by atoms with Gasteiger partial charge in [-0.3, -0.25) is 9.59 Å². The molecule has 0 fully saturated rings. The Labute approximate surface area is 57.7 Å². The highest BCUT2D eigenvalue weighted by molar-refractivity contribution is 6.48. The van der Waals surface area contributed by atoms with E-state index in [-0.39, 0.29) is 12.2 Å². The van der Waals surface area contributed by atoms with Crippen molar-refractivity contribution < 1.29 is 14.7 Å². The van der Waals surface area contributed by atoms with Crippen LogP contribution in [-0.4, -0.2) is 23.3 Å². The first-order chi connectivity index (χ1) is 4.75. The molecule has 0 aliphatic heterocycles. The summed E-state index contributed by atoms with van der Waals surface area (Å²) in [7, 11) is 0. The second-order valence-electron chi connectivity index (χ2n) is 1.90. The minimum Gasteiger partial charge on any atom is -0.392 e. The maximum Gasteiger partial charge on any atom is 0.231 e. The summed E-state index contributed by atoms with van der Waals surface area (Å²) in [5.74, 6) is -1.17. The van der Waals surface area contributed by atoms with Crippen LogP contribution < -0.4 is 0 Å². The highest BCUT2D eigenvalue weighted by Gasteiger charge is 2.17. The van der Waals surface area contributed by atoms with E-state index in [0.717, 1.165) is 0 Å². The fraction of sp³-hybridized carbons (Fsp3) is 0.143. The lowest BCUT2D eigenvalue weighted by atomic mass is 10.0. The van der Waals surface area contributed by atoms with Crippen LogP contribution in [0.15, 0.2) is 23.8 Å². The third-order valence-electron chi connectivity index (χ3n) is 1.23. The molecule has 1 aliphatic carbocycles. The van der Waals surface area contributed by atoms with Gasteiger partial charge in [0.25, 0.3) is 0 Å². The minimum absolute atomic E-state index is 0.160. The van der Waals surface area contributed by atoms with Crippen molar-refractivity contribution >= 4 is 11.6 Å². The lowest BCUT2D eigenvalue weighted by Crippen LogP contribution is -2.18. The SMILES string of the molecule is O=C1C=CC=C(CO)C1=O. The second kappa shape index (κ2) is 2.58. The molecular formula is C7H6O3. The molecule has 0 bridgehead atoms. The van der Waals surface area contributed by atoms with Crippen molar-refractivity contribution in [3.63, 3.8) is 0 Å². The average Bonchev–Trinajstić information content (AvgIpc) is 1.95. The predicted molar refractivity (Wildman–Crippen MR) is 34.3 cm³/mol. The molecule has 0 aromatic heterocycles. The van der Waals surface area contributed by atoms with E-state index in [1.807, 2.05) is 0 Å². The van der Waals surface area contributed by atoms with E-state index in [1.54, 1.807) is 0 Å². The predicted octanol–water partition coefficient (Wildman–Crippen LogP) is -0.387. The Kier molecular flexibility index (Phi) is 1.78. The van der Waals surface area contributed by atoms with Gasteiger partial charge in [-0.05, 0) is 6.08 Å². The summed E-state index contributed by atoms with van der Waals surface area (Å²) < 4.78 is 0. The van der Waals surface area contributed by atoms with Crippen molar-refractivity contribution in [3.8, 4) is 0 Å². The van der Waals surface area contributed by atoms with Gasteiger partial charge in [0.1, 0.15) is 0 Å². The molecule has 1 aliphatic rings. The largest absolute Gasteiger partial charge is 0.392 e. The highest BCUT2D eigenvalue weighted by atomic mass is 16.3. The van der Waals surface area contributed by atoms with Crippen LogP contribution in [0.25, 0.3) is 0 Å². The molecule has 0 saturated heterocycles. The van der Waals surface area contributed by atoms with Crippen molar-refractivity contribution in [2.75, 3.05) is 6.61 Å². The molecule has 3 nitrogen and oxygen atoms in total. The Morgan fingerprint density at radius 2 is 2.10 bits per heavy atom. The van der Waals surface area contributed by atoms with Gasteiger partial charge in [0, 0.05) is 5.57 Å². The zero-order valence-corrected chi connectivity index (χ0v) is 5.20. The Morgan fingerprint density at radius 1 is 1.40 bits per heavy atom. The number of hydrogen-bond donors (Lipinski definition) is 1. The monoisotopic (exact) mass is 138 g/mol. The molecule has 0 aromatic rings. The summed E-state index contributed by atoms with van der Waals surface area (Å²) in [5, 5.41) is 8.50. The molecule has 0 radical (unpaired) electrons. The molecular weight excluding hydrogens is 132 g/mol. The van der Waals surface area contributed by atoms with Gasteiger partial charge in [-0.2, -0.15) is 0 Å². The Morgan fingerprint density at radius 3 is 2.60 bits per heavy atom. The summed E-state index contributed by atoms with van der Waals surface area (Å²) in [4.78, 5) is 21.3. The molecule has 1 rings (SSSR count). The Hall–Kier alpha value is -1.22. The number of hydrogen-bond acceptors (Lipinski definition) is 3. The number of Topliss-reactive ketones (excluding diaryl/α,β-unsaturated/α-hetero) is 1. The van der Waals surface area contributed by atoms with Crippen LogP contribution in [0.3, 0.4) is 0 Å². The smallest absolute Gasteiger partial charge is 0.231 e. The molecule has 1 N–H and O–H groups in total. The quantitative estimate of drug-likeness (QED) is 0.396. The van der Waals surface area contributed by atoms with Crippen LogP contribution in [-0.2, 0) is 9.59 Å². The van der Waals surface area contributed by atoms with Crippen molar-refractivity contribution in [3.05, 3.63) is 23.8 Å². The standard InChI is InChI=1S/C7H6O3/c8-4-5-2-1-3-6(9)7(5)10/h1-3,8H,4H2. The Balaban J connectivity index is 2.92. The van der Waals surface area contributed by atoms with Gasteiger partial charge in [-0.25, -0.2) is 0 Å². The van der Waals surface area contributed by atoms with Crippen molar-refractivity contribution in [1.82, 2.24) is 0 Å². The number of aliphatic hydroxyl groups excluding tert-OH is 1. The average molecular weight is 138 g/mol. The van der Waals surface area contributed by atoms with E-state index in [1.165, 1.54) is 18.2 Å². The van der Waals surface area contributed by atoms with Crippen molar-refractivity contribution in [2.24, 2.45) is 0 Å². The summed E-state index contributed by atoms with van der Waals surface area (Å²) >= 11 is 0. The lowest BCUT2D eigenvalue weighted by molar-refractivity contribution is -0.131. The van der Waals surface area contributed by atoms with Crippen LogP contribution in [0.5, 0.6) is 0 Å². The second-order valence-corrected chi connectivity index (χ2v) is 1.90. The van der Waals surface area contributed by atoms with Crippen LogP contribution in [0.4, 0.5) is 0 Å². The van der Waals surface area contributed by atoms with Gasteiger partial charge in [0.05, 0.1) is 6.61 Å². The van der Waals surface area contributed by atoms with E-state index < -0.39 is 11.6 Å². The maximum absolute atomic E-state index is 10.7. The lowest BCUT2D eigenvalue weighted by Gasteiger charge is -2.01. The maximum atomic E-state index is 10.7. The van der Waals surface area contributed by atoms with E-state index >= 15 is 0 Å². The number of carbonyl (C=O) groups is 2. The molecule has 0 spiro atoms. The highest BCUT2D eigenvalue weighted by Crippen LogP contribution is 2.03. The molecule has 0 atom stereocenters. The van der Waals surface area contributed by atoms with Crippen LogP contribution >= 0.6 is 0 Å². The number of allylic oxidation sites excluding steroid dienone is 3. The van der Waals surface area contributed by atoms with Crippen molar-refractivity contribution in [1.29, 1.82) is 0 Å². The van der Waals surface area contributed by atoms with Crippen molar-refractivity contribution in [2.45, 2.75) is 0 Å².